The van der Waals surface area contributed by atoms with E-state index in [0.29, 0.717) is 0 Å². The summed E-state index contributed by atoms with van der Waals surface area (Å²) in [6.45, 7) is 0. The summed E-state index contributed by atoms with van der Waals surface area (Å²) in [7, 11) is 0. The number of aromatic amines is 1. The molecule has 0 atom stereocenters. The second-order valence-corrected chi connectivity index (χ2v) is 0.814. The molecule has 0 aromatic carbocycles. The largest absolute Gasteiger partial charge is 0.484 e. The molecule has 2 heteroatoms. The third kappa shape index (κ3) is 1.73. The number of aromatic nitrogens is 1. The summed E-state index contributed by atoms with van der Waals surface area (Å²) in [6, 6.07) is 3.71. The first kappa shape index (κ1) is 6.38. The van der Waals surface area contributed by atoms with Gasteiger partial charge in [0, 0.05) is 32.7 Å². The number of H-pyrrole nitrogens is 1. The molecule has 0 aliphatic heterocycles. The van der Waals surface area contributed by atoms with Crippen molar-refractivity contribution in [2.75, 3.05) is 0 Å². The average molecular weight is 155 g/mol. The molecule has 0 spiro atoms. The van der Waals surface area contributed by atoms with E-state index in [1.807, 2.05) is 18.3 Å². The van der Waals surface area contributed by atoms with E-state index < -0.39 is 0 Å². The molecule has 1 heterocycles. The van der Waals surface area contributed by atoms with Crippen molar-refractivity contribution in [3.8, 4) is 0 Å². The molecule has 0 fully saturated rings. The van der Waals surface area contributed by atoms with Crippen molar-refractivity contribution in [3.63, 3.8) is 0 Å². The topological polar surface area (TPSA) is 15.8 Å². The van der Waals surface area contributed by atoms with Crippen molar-refractivity contribution in [1.82, 2.24) is 4.98 Å². The number of rotatable bonds is 0. The Bertz CT molecular complexity index is 64.0. The Balaban J connectivity index is 0.000000250. The summed E-state index contributed by atoms with van der Waals surface area (Å²) >= 11 is 0. The minimum Gasteiger partial charge on any atom is -0.484 e. The maximum absolute atomic E-state index is 2.74. The predicted molar refractivity (Wildman–Crippen MR) is 19.6 cm³/mol. The molecular formula is C4H4NY-. The van der Waals surface area contributed by atoms with Crippen molar-refractivity contribution < 1.29 is 32.7 Å². The monoisotopic (exact) mass is 155 g/mol. The zero-order valence-corrected chi connectivity index (χ0v) is 6.15. The Morgan fingerprint density at radius 1 is 1.50 bits per heavy atom. The van der Waals surface area contributed by atoms with Gasteiger partial charge in [-0.15, -0.1) is 6.20 Å². The predicted octanol–water partition coefficient (Wildman–Crippen LogP) is 0.812. The third-order valence-electron chi connectivity index (χ3n) is 0.442. The van der Waals surface area contributed by atoms with Crippen LogP contribution in [-0.4, -0.2) is 4.98 Å². The molecule has 29 valence electrons. The van der Waals surface area contributed by atoms with Crippen LogP contribution in [0, 0.1) is 6.20 Å². The molecule has 0 aliphatic carbocycles. The van der Waals surface area contributed by atoms with Gasteiger partial charge >= 0.3 is 0 Å². The molecule has 0 unspecified atom stereocenters. The van der Waals surface area contributed by atoms with Crippen molar-refractivity contribution in [3.05, 3.63) is 24.5 Å². The molecule has 0 amide bonds. The second-order valence-electron chi connectivity index (χ2n) is 0.814. The van der Waals surface area contributed by atoms with Gasteiger partial charge in [0.2, 0.25) is 0 Å². The van der Waals surface area contributed by atoms with Gasteiger partial charge in [0.25, 0.3) is 0 Å². The fourth-order valence-electron chi connectivity index (χ4n) is 0.241. The van der Waals surface area contributed by atoms with Gasteiger partial charge in [0.15, 0.2) is 0 Å². The maximum atomic E-state index is 2.74. The maximum Gasteiger partial charge on any atom is 0 e. The van der Waals surface area contributed by atoms with Gasteiger partial charge in [-0.1, -0.05) is 0 Å². The molecule has 1 N–H and O–H groups in total. The van der Waals surface area contributed by atoms with Crippen LogP contribution >= 0.6 is 0 Å². The average Bonchev–Trinajstić information content (AvgIpc) is 1.76. The van der Waals surface area contributed by atoms with E-state index in [2.05, 4.69) is 11.2 Å². The van der Waals surface area contributed by atoms with Crippen molar-refractivity contribution in [1.29, 1.82) is 0 Å². The van der Waals surface area contributed by atoms with Crippen LogP contribution in [0.25, 0.3) is 0 Å². The summed E-state index contributed by atoms with van der Waals surface area (Å²) < 4.78 is 0. The first-order chi connectivity index (χ1) is 2.50. The fraction of sp³-hybridized carbons (Fsp3) is 0. The van der Waals surface area contributed by atoms with Crippen LogP contribution in [0.2, 0.25) is 0 Å². The smallest absolute Gasteiger partial charge is 0 e. The molecule has 0 saturated carbocycles. The Kier molecular flexibility index (Phi) is 3.80. The molecule has 0 aliphatic rings. The second kappa shape index (κ2) is 3.57. The van der Waals surface area contributed by atoms with Gasteiger partial charge in [-0.05, 0) is 0 Å². The molecule has 1 rings (SSSR count). The molecule has 1 aromatic rings. The van der Waals surface area contributed by atoms with E-state index >= 15 is 0 Å². The van der Waals surface area contributed by atoms with Crippen LogP contribution in [0.5, 0.6) is 0 Å². The first-order valence-corrected chi connectivity index (χ1v) is 1.49. The molecule has 0 bridgehead atoms. The normalized spacial score (nSPS) is 6.67. The summed E-state index contributed by atoms with van der Waals surface area (Å²) in [6.07, 6.45) is 4.56. The van der Waals surface area contributed by atoms with Gasteiger partial charge in [0.05, 0.1) is 0 Å². The Hall–Kier alpha value is 0.384. The summed E-state index contributed by atoms with van der Waals surface area (Å²) in [5.41, 5.74) is 0. The van der Waals surface area contributed by atoms with Crippen LogP contribution in [0.4, 0.5) is 0 Å². The summed E-state index contributed by atoms with van der Waals surface area (Å²) in [5, 5.41) is 0. The third-order valence-corrected chi connectivity index (χ3v) is 0.442. The Morgan fingerprint density at radius 2 is 2.33 bits per heavy atom. The zero-order chi connectivity index (χ0) is 3.54. The summed E-state index contributed by atoms with van der Waals surface area (Å²) in [4.78, 5) is 2.74. The number of hydrogen-bond acceptors (Lipinski definition) is 0. The van der Waals surface area contributed by atoms with Gasteiger partial charge in [-0.3, -0.25) is 0 Å². The minimum absolute atomic E-state index is 0. The van der Waals surface area contributed by atoms with E-state index in [0.717, 1.165) is 0 Å². The molecule has 1 radical (unpaired) electrons. The van der Waals surface area contributed by atoms with E-state index in [1.165, 1.54) is 0 Å². The van der Waals surface area contributed by atoms with Crippen molar-refractivity contribution in [2.45, 2.75) is 0 Å². The molecule has 0 saturated heterocycles. The van der Waals surface area contributed by atoms with Crippen LogP contribution < -0.4 is 0 Å². The van der Waals surface area contributed by atoms with Gasteiger partial charge < -0.3 is 4.98 Å². The van der Waals surface area contributed by atoms with Crippen LogP contribution in [0.3, 0.4) is 0 Å². The Labute approximate surface area is 62.0 Å². The number of hydrogen-bond donors (Lipinski definition) is 1. The van der Waals surface area contributed by atoms with Crippen LogP contribution in [0.15, 0.2) is 18.3 Å². The first-order valence-electron chi connectivity index (χ1n) is 1.49. The van der Waals surface area contributed by atoms with E-state index in [1.54, 1.807) is 0 Å². The van der Waals surface area contributed by atoms with Gasteiger partial charge in [0.1, 0.15) is 0 Å². The molecule has 1 aromatic heterocycles. The fourth-order valence-corrected chi connectivity index (χ4v) is 0.241. The van der Waals surface area contributed by atoms with E-state index in [-0.39, 0.29) is 32.7 Å². The van der Waals surface area contributed by atoms with E-state index in [9.17, 15) is 0 Å². The van der Waals surface area contributed by atoms with Crippen LogP contribution in [0.1, 0.15) is 0 Å². The minimum atomic E-state index is 0. The summed E-state index contributed by atoms with van der Waals surface area (Å²) in [5.74, 6) is 0. The SMILES string of the molecule is [Y].[c-]1ccc[nH]1. The molecule has 1 nitrogen and oxygen atoms in total. The van der Waals surface area contributed by atoms with Crippen molar-refractivity contribution in [2.24, 2.45) is 0 Å². The quantitative estimate of drug-likeness (QED) is 0.533. The van der Waals surface area contributed by atoms with E-state index in [4.69, 9.17) is 0 Å². The molecular weight excluding hydrogens is 151 g/mol. The van der Waals surface area contributed by atoms with Crippen LogP contribution in [-0.2, 0) is 32.7 Å². The Morgan fingerprint density at radius 3 is 2.50 bits per heavy atom. The van der Waals surface area contributed by atoms with Gasteiger partial charge in [-0.2, -0.15) is 18.3 Å². The van der Waals surface area contributed by atoms with Crippen molar-refractivity contribution >= 4 is 0 Å². The van der Waals surface area contributed by atoms with Gasteiger partial charge in [-0.25, -0.2) is 0 Å². The molecule has 6 heavy (non-hydrogen) atoms. The standard InChI is InChI=1S/C4H4N.Y/c1-2-4-5-3-1;/h1-3,5H;/q-1;. The zero-order valence-electron chi connectivity index (χ0n) is 3.31. The number of nitrogens with one attached hydrogen (secondary N) is 1.